The third-order valence-electron chi connectivity index (χ3n) is 2.43. The molecule has 0 spiro atoms. The molecule has 2 nitrogen and oxygen atoms in total. The molecule has 1 aromatic rings. The number of pyridine rings is 1. The molecule has 1 N–H and O–H groups in total. The molecular weight excluding hydrogens is 172 g/mol. The van der Waals surface area contributed by atoms with Crippen molar-refractivity contribution in [1.82, 2.24) is 10.3 Å². The number of rotatable bonds is 4. The van der Waals surface area contributed by atoms with E-state index in [0.29, 0.717) is 6.04 Å². The maximum Gasteiger partial charge on any atom is 0.0423 e. The van der Waals surface area contributed by atoms with Crippen LogP contribution in [0.2, 0.25) is 0 Å². The van der Waals surface area contributed by atoms with Crippen molar-refractivity contribution < 1.29 is 0 Å². The van der Waals surface area contributed by atoms with Gasteiger partial charge in [0.2, 0.25) is 0 Å². The molecule has 14 heavy (non-hydrogen) atoms. The Morgan fingerprint density at radius 3 is 2.64 bits per heavy atom. The summed E-state index contributed by atoms with van der Waals surface area (Å²) in [4.78, 5) is 4.46. The lowest BCUT2D eigenvalue weighted by Gasteiger charge is -2.15. The average molecular weight is 192 g/mol. The fourth-order valence-corrected chi connectivity index (χ4v) is 1.63. The Labute approximate surface area is 86.8 Å². The molecule has 0 bridgehead atoms. The van der Waals surface area contributed by atoms with E-state index in [-0.39, 0.29) is 0 Å². The first-order valence-electron chi connectivity index (χ1n) is 5.32. The van der Waals surface area contributed by atoms with Crippen LogP contribution in [0.4, 0.5) is 0 Å². The molecule has 0 aliphatic carbocycles. The second-order valence-electron chi connectivity index (χ2n) is 3.80. The molecule has 0 fully saturated rings. The second-order valence-corrected chi connectivity index (χ2v) is 3.80. The molecule has 1 atom stereocenters. The van der Waals surface area contributed by atoms with Gasteiger partial charge in [-0.05, 0) is 45.4 Å². The summed E-state index contributed by atoms with van der Waals surface area (Å²) in [5, 5.41) is 3.47. The minimum atomic E-state index is 0.406. The van der Waals surface area contributed by atoms with E-state index in [1.165, 1.54) is 12.0 Å². The first-order chi connectivity index (χ1) is 6.65. The number of aryl methyl sites for hydroxylation is 2. The van der Waals surface area contributed by atoms with Gasteiger partial charge >= 0.3 is 0 Å². The highest BCUT2D eigenvalue weighted by atomic mass is 14.9. The van der Waals surface area contributed by atoms with Gasteiger partial charge in [0, 0.05) is 17.4 Å². The molecule has 0 aromatic carbocycles. The van der Waals surface area contributed by atoms with Crippen LogP contribution in [-0.2, 0) is 0 Å². The number of hydrogen-bond donors (Lipinski definition) is 1. The smallest absolute Gasteiger partial charge is 0.0423 e. The molecule has 1 rings (SSSR count). The first-order valence-corrected chi connectivity index (χ1v) is 5.32. The highest BCUT2D eigenvalue weighted by molar-refractivity contribution is 5.24. The molecule has 0 aliphatic heterocycles. The SMILES string of the molecule is CCCNC(C)c1ccc(C)nc1C. The molecule has 0 radical (unpaired) electrons. The lowest BCUT2D eigenvalue weighted by molar-refractivity contribution is 0.566. The summed E-state index contributed by atoms with van der Waals surface area (Å²) in [6.07, 6.45) is 1.17. The van der Waals surface area contributed by atoms with Gasteiger partial charge in [-0.3, -0.25) is 4.98 Å². The predicted molar refractivity (Wildman–Crippen MR) is 60.4 cm³/mol. The Kier molecular flexibility index (Phi) is 4.08. The third kappa shape index (κ3) is 2.81. The molecule has 0 saturated heterocycles. The fraction of sp³-hybridized carbons (Fsp3) is 0.583. The van der Waals surface area contributed by atoms with Crippen molar-refractivity contribution in [2.75, 3.05) is 6.54 Å². The molecule has 78 valence electrons. The topological polar surface area (TPSA) is 24.9 Å². The third-order valence-corrected chi connectivity index (χ3v) is 2.43. The molecule has 1 aromatic heterocycles. The van der Waals surface area contributed by atoms with Gasteiger partial charge in [-0.1, -0.05) is 13.0 Å². The van der Waals surface area contributed by atoms with Crippen molar-refractivity contribution in [3.05, 3.63) is 29.1 Å². The van der Waals surface area contributed by atoms with Crippen molar-refractivity contribution in [2.45, 2.75) is 40.2 Å². The van der Waals surface area contributed by atoms with Crippen molar-refractivity contribution in [2.24, 2.45) is 0 Å². The van der Waals surface area contributed by atoms with Crippen molar-refractivity contribution >= 4 is 0 Å². The van der Waals surface area contributed by atoms with Gasteiger partial charge in [0.15, 0.2) is 0 Å². The van der Waals surface area contributed by atoms with Gasteiger partial charge in [-0.15, -0.1) is 0 Å². The minimum absolute atomic E-state index is 0.406. The molecule has 1 unspecified atom stereocenters. The number of nitrogens with zero attached hydrogens (tertiary/aromatic N) is 1. The zero-order valence-electron chi connectivity index (χ0n) is 9.59. The molecular formula is C12H20N2. The summed E-state index contributed by atoms with van der Waals surface area (Å²) >= 11 is 0. The van der Waals surface area contributed by atoms with Gasteiger partial charge in [0.25, 0.3) is 0 Å². The molecule has 2 heteroatoms. The van der Waals surface area contributed by atoms with Gasteiger partial charge in [0.1, 0.15) is 0 Å². The zero-order chi connectivity index (χ0) is 10.6. The van der Waals surface area contributed by atoms with Gasteiger partial charge in [-0.25, -0.2) is 0 Å². The van der Waals surface area contributed by atoms with E-state index in [9.17, 15) is 0 Å². The van der Waals surface area contributed by atoms with Crippen LogP contribution in [0.1, 0.15) is 43.3 Å². The lowest BCUT2D eigenvalue weighted by Crippen LogP contribution is -2.20. The highest BCUT2D eigenvalue weighted by Gasteiger charge is 2.07. The average Bonchev–Trinajstić information content (AvgIpc) is 2.14. The summed E-state index contributed by atoms with van der Waals surface area (Å²) in [7, 11) is 0. The number of nitrogens with one attached hydrogen (secondary N) is 1. The van der Waals surface area contributed by atoms with E-state index < -0.39 is 0 Å². The summed E-state index contributed by atoms with van der Waals surface area (Å²) in [6.45, 7) is 9.54. The lowest BCUT2D eigenvalue weighted by atomic mass is 10.1. The summed E-state index contributed by atoms with van der Waals surface area (Å²) in [5.74, 6) is 0. The van der Waals surface area contributed by atoms with Crippen molar-refractivity contribution in [3.63, 3.8) is 0 Å². The molecule has 0 amide bonds. The summed E-state index contributed by atoms with van der Waals surface area (Å²) in [5.41, 5.74) is 3.54. The predicted octanol–water partition coefficient (Wildman–Crippen LogP) is 2.76. The normalized spacial score (nSPS) is 12.9. The summed E-state index contributed by atoms with van der Waals surface area (Å²) in [6, 6.07) is 4.65. The van der Waals surface area contributed by atoms with Gasteiger partial charge in [-0.2, -0.15) is 0 Å². The van der Waals surface area contributed by atoms with E-state index in [1.807, 2.05) is 6.92 Å². The van der Waals surface area contributed by atoms with Crippen LogP contribution in [0.3, 0.4) is 0 Å². The van der Waals surface area contributed by atoms with Crippen LogP contribution in [0, 0.1) is 13.8 Å². The Morgan fingerprint density at radius 1 is 1.36 bits per heavy atom. The standard InChI is InChI=1S/C12H20N2/c1-5-8-13-10(3)12-7-6-9(2)14-11(12)4/h6-7,10,13H,5,8H2,1-4H3. The Morgan fingerprint density at radius 2 is 2.07 bits per heavy atom. The summed E-state index contributed by atoms with van der Waals surface area (Å²) < 4.78 is 0. The Bertz CT molecular complexity index is 294. The van der Waals surface area contributed by atoms with E-state index in [1.54, 1.807) is 0 Å². The second kappa shape index (κ2) is 5.11. The first kappa shape index (κ1) is 11.2. The van der Waals surface area contributed by atoms with Crippen LogP contribution >= 0.6 is 0 Å². The minimum Gasteiger partial charge on any atom is -0.310 e. The largest absolute Gasteiger partial charge is 0.310 e. The molecule has 0 saturated carbocycles. The van der Waals surface area contributed by atoms with Crippen LogP contribution < -0.4 is 5.32 Å². The van der Waals surface area contributed by atoms with Crippen LogP contribution in [-0.4, -0.2) is 11.5 Å². The molecule has 0 aliphatic rings. The van der Waals surface area contributed by atoms with Crippen molar-refractivity contribution in [1.29, 1.82) is 0 Å². The highest BCUT2D eigenvalue weighted by Crippen LogP contribution is 2.15. The van der Waals surface area contributed by atoms with Gasteiger partial charge in [0.05, 0.1) is 0 Å². The fourth-order valence-electron chi connectivity index (χ4n) is 1.63. The zero-order valence-corrected chi connectivity index (χ0v) is 9.59. The quantitative estimate of drug-likeness (QED) is 0.793. The maximum absolute atomic E-state index is 4.46. The molecule has 1 heterocycles. The van der Waals surface area contributed by atoms with E-state index in [2.05, 4.69) is 43.2 Å². The van der Waals surface area contributed by atoms with E-state index in [0.717, 1.165) is 17.9 Å². The van der Waals surface area contributed by atoms with Gasteiger partial charge < -0.3 is 5.32 Å². The van der Waals surface area contributed by atoms with Crippen LogP contribution in [0.25, 0.3) is 0 Å². The van der Waals surface area contributed by atoms with E-state index in [4.69, 9.17) is 0 Å². The van der Waals surface area contributed by atoms with E-state index >= 15 is 0 Å². The number of aromatic nitrogens is 1. The van der Waals surface area contributed by atoms with Crippen molar-refractivity contribution in [3.8, 4) is 0 Å². The maximum atomic E-state index is 4.46. The van der Waals surface area contributed by atoms with Crippen LogP contribution in [0.15, 0.2) is 12.1 Å². The van der Waals surface area contributed by atoms with Crippen LogP contribution in [0.5, 0.6) is 0 Å². The Hall–Kier alpha value is -0.890. The monoisotopic (exact) mass is 192 g/mol. The number of hydrogen-bond acceptors (Lipinski definition) is 2. The Balaban J connectivity index is 2.74.